The van der Waals surface area contributed by atoms with Gasteiger partial charge in [-0.05, 0) is 10.4 Å². The van der Waals surface area contributed by atoms with E-state index in [-0.39, 0.29) is 5.70 Å². The molecule has 3 heterocycles. The van der Waals surface area contributed by atoms with Crippen molar-refractivity contribution < 1.29 is 14.7 Å². The third-order valence-corrected chi connectivity index (χ3v) is 5.19. The van der Waals surface area contributed by atoms with E-state index in [4.69, 9.17) is 18.0 Å². The number of tetrazole rings is 1. The first-order chi connectivity index (χ1) is 9.91. The quantitative estimate of drug-likeness (QED) is 0.510. The predicted molar refractivity (Wildman–Crippen MR) is 77.0 cm³/mol. The molecule has 0 unspecified atom stereocenters. The van der Waals surface area contributed by atoms with Crippen molar-refractivity contribution in [3.63, 3.8) is 0 Å². The number of hydrogen-bond acceptors (Lipinski definition) is 8. The number of hydrogen-bond donors (Lipinski definition) is 2. The number of carboxylic acids is 1. The van der Waals surface area contributed by atoms with E-state index in [1.165, 1.54) is 21.8 Å². The van der Waals surface area contributed by atoms with Crippen LogP contribution in [-0.2, 0) is 16.6 Å². The summed E-state index contributed by atoms with van der Waals surface area (Å²) >= 11 is 6.14. The van der Waals surface area contributed by atoms with Gasteiger partial charge < -0.3 is 10.8 Å². The fraction of sp³-hybridized carbons (Fsp3) is 0.400. The van der Waals surface area contributed by atoms with Gasteiger partial charge in [0, 0.05) is 23.7 Å². The Morgan fingerprint density at radius 1 is 1.67 bits per heavy atom. The number of amides is 1. The molecule has 2 aliphatic heterocycles. The number of aromatic nitrogens is 4. The maximum Gasteiger partial charge on any atom is 0.353 e. The Bertz CT molecular complexity index is 701. The van der Waals surface area contributed by atoms with Crippen molar-refractivity contribution in [1.82, 2.24) is 25.1 Å². The van der Waals surface area contributed by atoms with E-state index in [0.29, 0.717) is 17.2 Å². The van der Waals surface area contributed by atoms with Gasteiger partial charge in [0.25, 0.3) is 5.91 Å². The van der Waals surface area contributed by atoms with Crippen LogP contribution in [0.3, 0.4) is 0 Å². The Hall–Kier alpha value is -1.85. The molecule has 3 rings (SSSR count). The van der Waals surface area contributed by atoms with E-state index in [1.807, 2.05) is 0 Å². The lowest BCUT2D eigenvalue weighted by Crippen LogP contribution is -2.78. The number of thiocarbonyl (C=S) groups is 1. The summed E-state index contributed by atoms with van der Waals surface area (Å²) in [6.07, 6.45) is 0. The number of thioether (sulfide) groups is 1. The second-order valence-corrected chi connectivity index (χ2v) is 5.95. The molecule has 2 aliphatic rings. The highest BCUT2D eigenvalue weighted by Gasteiger charge is 2.61. The summed E-state index contributed by atoms with van der Waals surface area (Å²) in [5, 5.41) is 21.1. The predicted octanol–water partition coefficient (Wildman–Crippen LogP) is -1.38. The molecule has 9 nitrogen and oxygen atoms in total. The molecule has 3 N–H and O–H groups in total. The van der Waals surface area contributed by atoms with Gasteiger partial charge in [0.05, 0.1) is 0 Å². The molecule has 21 heavy (non-hydrogen) atoms. The SMILES string of the molecule is Cn1nnnc1C1=C(C(=O)O)N2C(=O)[C@](N)(C=S)[C@@H]2SC1. The van der Waals surface area contributed by atoms with Crippen molar-refractivity contribution in [2.75, 3.05) is 5.75 Å². The van der Waals surface area contributed by atoms with Gasteiger partial charge in [-0.15, -0.1) is 16.9 Å². The third kappa shape index (κ3) is 1.74. The van der Waals surface area contributed by atoms with Crippen LogP contribution < -0.4 is 5.73 Å². The molecule has 0 aliphatic carbocycles. The standard InChI is InChI=1S/C10H10N6O3S2/c1-15-6(12-13-14-15)4-2-21-9-10(11,3-20)8(19)16(9)5(4)7(17)18/h3,9H,2,11H2,1H3,(H,17,18)/t9-,10+/m0/s1. The first kappa shape index (κ1) is 14.1. The highest BCUT2D eigenvalue weighted by atomic mass is 32.2. The second kappa shape index (κ2) is 4.58. The fourth-order valence-electron chi connectivity index (χ4n) is 2.37. The monoisotopic (exact) mass is 326 g/mol. The van der Waals surface area contributed by atoms with Crippen molar-refractivity contribution >= 4 is 46.8 Å². The van der Waals surface area contributed by atoms with Crippen LogP contribution in [0.4, 0.5) is 0 Å². The van der Waals surface area contributed by atoms with Gasteiger partial charge in [-0.1, -0.05) is 12.2 Å². The number of carbonyl (C=O) groups excluding carboxylic acids is 1. The molecule has 1 aromatic rings. The summed E-state index contributed by atoms with van der Waals surface area (Å²) in [4.78, 5) is 24.9. The van der Waals surface area contributed by atoms with E-state index >= 15 is 0 Å². The van der Waals surface area contributed by atoms with Gasteiger partial charge in [0.2, 0.25) is 0 Å². The Kier molecular flexibility index (Phi) is 3.07. The zero-order chi connectivity index (χ0) is 15.4. The average Bonchev–Trinajstić information content (AvgIpc) is 2.90. The number of rotatable bonds is 3. The fourth-order valence-corrected chi connectivity index (χ4v) is 4.07. The molecule has 110 valence electrons. The Balaban J connectivity index is 2.13. The Morgan fingerprint density at radius 2 is 2.38 bits per heavy atom. The molecule has 0 radical (unpaired) electrons. The molecule has 0 bridgehead atoms. The van der Waals surface area contributed by atoms with E-state index in [9.17, 15) is 14.7 Å². The zero-order valence-electron chi connectivity index (χ0n) is 10.8. The number of aryl methyl sites for hydroxylation is 1. The lowest BCUT2D eigenvalue weighted by atomic mass is 9.89. The van der Waals surface area contributed by atoms with Gasteiger partial charge in [-0.3, -0.25) is 9.69 Å². The summed E-state index contributed by atoms with van der Waals surface area (Å²) < 4.78 is 1.36. The van der Waals surface area contributed by atoms with Crippen LogP contribution in [0.5, 0.6) is 0 Å². The molecule has 1 fully saturated rings. The van der Waals surface area contributed by atoms with Gasteiger partial charge in [0.15, 0.2) is 11.4 Å². The van der Waals surface area contributed by atoms with Crippen molar-refractivity contribution in [3.05, 3.63) is 11.5 Å². The molecule has 0 spiro atoms. The van der Waals surface area contributed by atoms with Gasteiger partial charge in [-0.25, -0.2) is 9.48 Å². The van der Waals surface area contributed by atoms with Crippen LogP contribution in [0, 0.1) is 0 Å². The number of β-lactam (4-membered cyclic amide) rings is 1. The minimum atomic E-state index is -1.30. The average molecular weight is 326 g/mol. The van der Waals surface area contributed by atoms with Crippen LogP contribution >= 0.6 is 24.0 Å². The number of nitrogens with two attached hydrogens (primary N) is 1. The van der Waals surface area contributed by atoms with Crippen LogP contribution in [0.1, 0.15) is 5.82 Å². The lowest BCUT2D eigenvalue weighted by molar-refractivity contribution is -0.150. The maximum absolute atomic E-state index is 12.2. The van der Waals surface area contributed by atoms with E-state index < -0.39 is 22.8 Å². The Morgan fingerprint density at radius 3 is 2.90 bits per heavy atom. The number of carboxylic acid groups (broad SMARTS) is 1. The van der Waals surface area contributed by atoms with Crippen molar-refractivity contribution in [1.29, 1.82) is 0 Å². The molecule has 2 atom stereocenters. The first-order valence-corrected chi connectivity index (χ1v) is 7.33. The Labute approximate surface area is 128 Å². The van der Waals surface area contributed by atoms with E-state index in [2.05, 4.69) is 15.5 Å². The van der Waals surface area contributed by atoms with Crippen LogP contribution in [-0.4, -0.2) is 64.1 Å². The largest absolute Gasteiger partial charge is 0.477 e. The summed E-state index contributed by atoms with van der Waals surface area (Å²) in [5.74, 6) is -1.12. The molecule has 1 aromatic heterocycles. The number of fused-ring (bicyclic) bond motifs is 1. The summed E-state index contributed by atoms with van der Waals surface area (Å²) in [6, 6.07) is 0. The normalized spacial score (nSPS) is 28.2. The van der Waals surface area contributed by atoms with Crippen molar-refractivity contribution in [2.45, 2.75) is 10.9 Å². The van der Waals surface area contributed by atoms with Crippen molar-refractivity contribution in [2.24, 2.45) is 12.8 Å². The van der Waals surface area contributed by atoms with Gasteiger partial charge >= 0.3 is 5.97 Å². The smallest absolute Gasteiger partial charge is 0.353 e. The van der Waals surface area contributed by atoms with E-state index in [1.54, 1.807) is 7.05 Å². The number of aliphatic carboxylic acids is 1. The van der Waals surface area contributed by atoms with Gasteiger partial charge in [0.1, 0.15) is 11.1 Å². The number of nitrogens with zero attached hydrogens (tertiary/aromatic N) is 5. The van der Waals surface area contributed by atoms with Crippen molar-refractivity contribution in [3.8, 4) is 0 Å². The summed E-state index contributed by atoms with van der Waals surface area (Å²) in [6.45, 7) is 0. The minimum Gasteiger partial charge on any atom is -0.477 e. The topological polar surface area (TPSA) is 127 Å². The molecule has 0 saturated carbocycles. The van der Waals surface area contributed by atoms with Gasteiger partial charge in [-0.2, -0.15) is 0 Å². The van der Waals surface area contributed by atoms with E-state index in [0.717, 1.165) is 4.90 Å². The van der Waals surface area contributed by atoms with Crippen LogP contribution in [0.2, 0.25) is 0 Å². The molecular weight excluding hydrogens is 316 g/mol. The molecule has 1 amide bonds. The molecule has 11 heteroatoms. The summed E-state index contributed by atoms with van der Waals surface area (Å²) in [7, 11) is 1.60. The minimum absolute atomic E-state index is 0.139. The molecular formula is C10H10N6O3S2. The maximum atomic E-state index is 12.2. The zero-order valence-corrected chi connectivity index (χ0v) is 12.4. The third-order valence-electron chi connectivity index (χ3n) is 3.43. The highest BCUT2D eigenvalue weighted by Crippen LogP contribution is 2.46. The molecule has 0 aromatic carbocycles. The lowest BCUT2D eigenvalue weighted by Gasteiger charge is -2.53. The molecule has 1 saturated heterocycles. The number of carbonyl (C=O) groups is 2. The first-order valence-electron chi connectivity index (χ1n) is 5.81. The summed E-state index contributed by atoms with van der Waals surface area (Å²) in [5.41, 5.74) is 4.87. The second-order valence-electron chi connectivity index (χ2n) is 4.65. The van der Waals surface area contributed by atoms with Crippen LogP contribution in [0.25, 0.3) is 5.57 Å². The highest BCUT2D eigenvalue weighted by molar-refractivity contribution is 8.00. The van der Waals surface area contributed by atoms with Crippen LogP contribution in [0.15, 0.2) is 5.70 Å².